The Bertz CT molecular complexity index is 322. The third-order valence-corrected chi connectivity index (χ3v) is 2.72. The van der Waals surface area contributed by atoms with Crippen molar-refractivity contribution >= 4 is 44.3 Å². The van der Waals surface area contributed by atoms with Gasteiger partial charge in [0.05, 0.1) is 17.1 Å². The zero-order valence-electron chi connectivity index (χ0n) is 7.08. The van der Waals surface area contributed by atoms with Crippen LogP contribution in [0.15, 0.2) is 21.1 Å². The highest BCUT2D eigenvalue weighted by Crippen LogP contribution is 2.34. The number of phenols is 1. The Balaban J connectivity index is 0.00000169. The standard InChI is InChI=1S/C8H9Br2NO2.ClH/c9-4-1-5(7(11)3-12)8(13)6(10)2-4;/h1-2,7,12-13H,3,11H2;1H/t7-;/m1./s1. The summed E-state index contributed by atoms with van der Waals surface area (Å²) in [6.45, 7) is -0.198. The highest BCUT2D eigenvalue weighted by molar-refractivity contribution is 9.11. The molecule has 0 fully saturated rings. The molecule has 1 aromatic rings. The van der Waals surface area contributed by atoms with E-state index in [0.717, 1.165) is 4.47 Å². The molecule has 0 amide bonds. The Morgan fingerprint density at radius 3 is 2.43 bits per heavy atom. The van der Waals surface area contributed by atoms with Crippen LogP contribution in [0.2, 0.25) is 0 Å². The van der Waals surface area contributed by atoms with E-state index in [0.29, 0.717) is 10.0 Å². The van der Waals surface area contributed by atoms with Crippen LogP contribution in [0.5, 0.6) is 5.75 Å². The quantitative estimate of drug-likeness (QED) is 0.769. The van der Waals surface area contributed by atoms with Crippen LogP contribution in [0.1, 0.15) is 11.6 Å². The van der Waals surface area contributed by atoms with Gasteiger partial charge in [0.2, 0.25) is 0 Å². The average Bonchev–Trinajstić information content (AvgIpc) is 2.10. The van der Waals surface area contributed by atoms with Crippen molar-refractivity contribution in [1.82, 2.24) is 0 Å². The lowest BCUT2D eigenvalue weighted by Gasteiger charge is -2.12. The molecule has 0 aliphatic heterocycles. The van der Waals surface area contributed by atoms with Gasteiger partial charge >= 0.3 is 0 Å². The Kier molecular flexibility index (Phi) is 6.00. The summed E-state index contributed by atoms with van der Waals surface area (Å²) >= 11 is 6.44. The summed E-state index contributed by atoms with van der Waals surface area (Å²) in [7, 11) is 0. The van der Waals surface area contributed by atoms with E-state index in [1.54, 1.807) is 12.1 Å². The van der Waals surface area contributed by atoms with Crippen LogP contribution in [-0.4, -0.2) is 16.8 Å². The second-order valence-electron chi connectivity index (χ2n) is 2.61. The fourth-order valence-corrected chi connectivity index (χ4v) is 2.23. The molecular weight excluding hydrogens is 337 g/mol. The number of rotatable bonds is 2. The molecule has 0 spiro atoms. The van der Waals surface area contributed by atoms with Crippen molar-refractivity contribution in [2.24, 2.45) is 5.73 Å². The summed E-state index contributed by atoms with van der Waals surface area (Å²) in [5.74, 6) is 0.0738. The molecule has 6 heteroatoms. The first-order valence-electron chi connectivity index (χ1n) is 3.60. The number of halogens is 3. The third kappa shape index (κ3) is 3.10. The van der Waals surface area contributed by atoms with Gasteiger partial charge in [-0.1, -0.05) is 15.9 Å². The summed E-state index contributed by atoms with van der Waals surface area (Å²) in [5, 5.41) is 18.4. The van der Waals surface area contributed by atoms with Crippen molar-refractivity contribution in [3.8, 4) is 5.75 Å². The molecule has 0 heterocycles. The van der Waals surface area contributed by atoms with Gasteiger partial charge in [-0.05, 0) is 28.1 Å². The number of phenolic OH excluding ortho intramolecular Hbond substituents is 1. The summed E-state index contributed by atoms with van der Waals surface area (Å²) in [6, 6.07) is 2.83. The molecule has 0 bridgehead atoms. The number of aromatic hydroxyl groups is 1. The molecule has 0 radical (unpaired) electrons. The maximum atomic E-state index is 9.56. The fourth-order valence-electron chi connectivity index (χ4n) is 0.967. The molecule has 14 heavy (non-hydrogen) atoms. The third-order valence-electron chi connectivity index (χ3n) is 1.65. The van der Waals surface area contributed by atoms with Crippen LogP contribution in [0.25, 0.3) is 0 Å². The molecule has 0 unspecified atom stereocenters. The van der Waals surface area contributed by atoms with Crippen molar-refractivity contribution in [2.45, 2.75) is 6.04 Å². The molecule has 1 aromatic carbocycles. The van der Waals surface area contributed by atoms with Gasteiger partial charge in [0.15, 0.2) is 0 Å². The fraction of sp³-hybridized carbons (Fsp3) is 0.250. The zero-order valence-corrected chi connectivity index (χ0v) is 11.1. The smallest absolute Gasteiger partial charge is 0.134 e. The lowest BCUT2D eigenvalue weighted by molar-refractivity contribution is 0.265. The lowest BCUT2D eigenvalue weighted by atomic mass is 10.1. The van der Waals surface area contributed by atoms with Crippen molar-refractivity contribution in [2.75, 3.05) is 6.61 Å². The number of aliphatic hydroxyl groups excluding tert-OH is 1. The van der Waals surface area contributed by atoms with Gasteiger partial charge in [0, 0.05) is 10.0 Å². The number of benzene rings is 1. The molecule has 0 saturated carbocycles. The topological polar surface area (TPSA) is 66.5 Å². The number of hydrogen-bond donors (Lipinski definition) is 3. The monoisotopic (exact) mass is 345 g/mol. The number of hydrogen-bond acceptors (Lipinski definition) is 3. The van der Waals surface area contributed by atoms with Gasteiger partial charge in [-0.2, -0.15) is 0 Å². The van der Waals surface area contributed by atoms with Crippen molar-refractivity contribution in [1.29, 1.82) is 0 Å². The van der Waals surface area contributed by atoms with E-state index >= 15 is 0 Å². The van der Waals surface area contributed by atoms with E-state index in [9.17, 15) is 5.11 Å². The lowest BCUT2D eigenvalue weighted by Crippen LogP contribution is -2.14. The van der Waals surface area contributed by atoms with Crippen molar-refractivity contribution in [3.05, 3.63) is 26.6 Å². The van der Waals surface area contributed by atoms with Gasteiger partial charge in [-0.15, -0.1) is 12.4 Å². The van der Waals surface area contributed by atoms with Gasteiger partial charge < -0.3 is 15.9 Å². The molecule has 0 aromatic heterocycles. The highest BCUT2D eigenvalue weighted by Gasteiger charge is 2.13. The zero-order chi connectivity index (χ0) is 10.0. The Hall–Kier alpha value is 0.190. The first-order chi connectivity index (χ1) is 6.06. The maximum absolute atomic E-state index is 9.56. The second kappa shape index (κ2) is 5.92. The number of aliphatic hydroxyl groups is 1. The van der Waals surface area contributed by atoms with Crippen molar-refractivity contribution < 1.29 is 10.2 Å². The van der Waals surface area contributed by atoms with Crippen LogP contribution in [0, 0.1) is 0 Å². The molecule has 0 aliphatic carbocycles. The molecular formula is C8H10Br2ClNO2. The van der Waals surface area contributed by atoms with Gasteiger partial charge in [0.25, 0.3) is 0 Å². The van der Waals surface area contributed by atoms with Crippen LogP contribution in [-0.2, 0) is 0 Å². The molecule has 80 valence electrons. The normalized spacial score (nSPS) is 12.0. The summed E-state index contributed by atoms with van der Waals surface area (Å²) < 4.78 is 1.36. The Morgan fingerprint density at radius 2 is 1.93 bits per heavy atom. The van der Waals surface area contributed by atoms with E-state index in [1.807, 2.05) is 0 Å². The first kappa shape index (κ1) is 14.2. The minimum absolute atomic E-state index is 0. The molecule has 3 nitrogen and oxygen atoms in total. The van der Waals surface area contributed by atoms with E-state index in [2.05, 4.69) is 31.9 Å². The van der Waals surface area contributed by atoms with Crippen LogP contribution in [0.3, 0.4) is 0 Å². The van der Waals surface area contributed by atoms with E-state index < -0.39 is 6.04 Å². The summed E-state index contributed by atoms with van der Waals surface area (Å²) in [5.41, 5.74) is 6.10. The second-order valence-corrected chi connectivity index (χ2v) is 4.38. The van der Waals surface area contributed by atoms with Gasteiger partial charge in [-0.25, -0.2) is 0 Å². The average molecular weight is 347 g/mol. The van der Waals surface area contributed by atoms with Gasteiger partial charge in [0.1, 0.15) is 5.75 Å². The van der Waals surface area contributed by atoms with Crippen LogP contribution in [0.4, 0.5) is 0 Å². The Labute approximate surface area is 105 Å². The predicted molar refractivity (Wildman–Crippen MR) is 64.8 cm³/mol. The molecule has 1 rings (SSSR count). The molecule has 0 saturated heterocycles. The minimum Gasteiger partial charge on any atom is -0.506 e. The minimum atomic E-state index is -0.561. The molecule has 0 aliphatic rings. The SMILES string of the molecule is Cl.N[C@H](CO)c1cc(Br)cc(Br)c1O. The van der Waals surface area contributed by atoms with E-state index in [4.69, 9.17) is 10.8 Å². The van der Waals surface area contributed by atoms with Gasteiger partial charge in [-0.3, -0.25) is 0 Å². The predicted octanol–water partition coefficient (Wildman–Crippen LogP) is 2.33. The highest BCUT2D eigenvalue weighted by atomic mass is 79.9. The van der Waals surface area contributed by atoms with E-state index in [1.165, 1.54) is 0 Å². The molecule has 1 atom stereocenters. The van der Waals surface area contributed by atoms with Crippen LogP contribution >= 0.6 is 44.3 Å². The van der Waals surface area contributed by atoms with Crippen molar-refractivity contribution in [3.63, 3.8) is 0 Å². The molecule has 4 N–H and O–H groups in total. The van der Waals surface area contributed by atoms with E-state index in [-0.39, 0.29) is 24.8 Å². The maximum Gasteiger partial charge on any atom is 0.134 e. The van der Waals surface area contributed by atoms with Crippen LogP contribution < -0.4 is 5.73 Å². The Morgan fingerprint density at radius 1 is 1.36 bits per heavy atom. The summed E-state index contributed by atoms with van der Waals surface area (Å²) in [6.07, 6.45) is 0. The number of nitrogens with two attached hydrogens (primary N) is 1. The largest absolute Gasteiger partial charge is 0.506 e. The first-order valence-corrected chi connectivity index (χ1v) is 5.19. The summed E-state index contributed by atoms with van der Waals surface area (Å²) in [4.78, 5) is 0.